The van der Waals surface area contributed by atoms with Crippen LogP contribution < -0.4 is 14.8 Å². The standard InChI is InChI=1S/C26H19ClN6O3S2/c27-18-2-1-3-19(11-18)33-24(17-6-8-28-9-7-17)31-32-26(33)38-14-23-30-20(13-37-23)25(34)29-12-16-4-5-21-22(10-16)36-15-35-21/h1-11,13H,12,14-15H2,(H,29,34). The van der Waals surface area contributed by atoms with Crippen LogP contribution in [0.1, 0.15) is 21.1 Å². The molecule has 5 aromatic rings. The van der Waals surface area contributed by atoms with Gasteiger partial charge in [-0.15, -0.1) is 21.5 Å². The van der Waals surface area contributed by atoms with Gasteiger partial charge >= 0.3 is 0 Å². The van der Waals surface area contributed by atoms with Gasteiger partial charge in [0, 0.05) is 34.9 Å². The Morgan fingerprint density at radius 2 is 1.95 bits per heavy atom. The van der Waals surface area contributed by atoms with Gasteiger partial charge in [-0.05, 0) is 48.0 Å². The molecule has 1 N–H and O–H groups in total. The first-order valence-corrected chi connectivity index (χ1v) is 13.7. The summed E-state index contributed by atoms with van der Waals surface area (Å²) >= 11 is 9.19. The molecule has 190 valence electrons. The van der Waals surface area contributed by atoms with E-state index in [1.165, 1.54) is 23.1 Å². The molecule has 1 aliphatic heterocycles. The number of benzene rings is 2. The molecule has 0 saturated carbocycles. The molecule has 0 bridgehead atoms. The molecule has 9 nitrogen and oxygen atoms in total. The summed E-state index contributed by atoms with van der Waals surface area (Å²) in [6.45, 7) is 0.572. The van der Waals surface area contributed by atoms with Gasteiger partial charge in [0.25, 0.3) is 5.91 Å². The Kier molecular flexibility index (Phi) is 6.95. The lowest BCUT2D eigenvalue weighted by molar-refractivity contribution is 0.0946. The quantitative estimate of drug-likeness (QED) is 0.251. The number of carbonyl (C=O) groups is 1. The van der Waals surface area contributed by atoms with Crippen molar-refractivity contribution in [3.05, 3.63) is 93.7 Å². The molecule has 0 atom stereocenters. The number of hydrogen-bond acceptors (Lipinski definition) is 9. The van der Waals surface area contributed by atoms with Gasteiger partial charge in [-0.25, -0.2) is 4.98 Å². The summed E-state index contributed by atoms with van der Waals surface area (Å²) in [5.41, 5.74) is 3.02. The number of ether oxygens (including phenoxy) is 2. The number of aromatic nitrogens is 5. The van der Waals surface area contributed by atoms with E-state index in [0.29, 0.717) is 45.5 Å². The van der Waals surface area contributed by atoms with E-state index in [-0.39, 0.29) is 12.7 Å². The lowest BCUT2D eigenvalue weighted by atomic mass is 10.2. The Balaban J connectivity index is 1.15. The Labute approximate surface area is 230 Å². The average Bonchev–Trinajstić information content (AvgIpc) is 3.70. The highest BCUT2D eigenvalue weighted by molar-refractivity contribution is 7.98. The lowest BCUT2D eigenvalue weighted by Crippen LogP contribution is -2.23. The van der Waals surface area contributed by atoms with Crippen LogP contribution in [-0.2, 0) is 12.3 Å². The molecule has 2 aromatic carbocycles. The molecule has 0 saturated heterocycles. The molecule has 12 heteroatoms. The van der Waals surface area contributed by atoms with Crippen molar-refractivity contribution >= 4 is 40.6 Å². The van der Waals surface area contributed by atoms with E-state index in [2.05, 4.69) is 25.5 Å². The summed E-state index contributed by atoms with van der Waals surface area (Å²) < 4.78 is 12.7. The minimum Gasteiger partial charge on any atom is -0.454 e. The summed E-state index contributed by atoms with van der Waals surface area (Å²) in [5.74, 6) is 2.36. The molecule has 1 amide bonds. The highest BCUT2D eigenvalue weighted by Crippen LogP contribution is 2.33. The zero-order valence-electron chi connectivity index (χ0n) is 19.7. The minimum absolute atomic E-state index is 0.214. The number of halogens is 1. The first-order valence-electron chi connectivity index (χ1n) is 11.5. The van der Waals surface area contributed by atoms with Crippen LogP contribution in [0, 0.1) is 0 Å². The number of fused-ring (bicyclic) bond motifs is 1. The Bertz CT molecular complexity index is 1610. The molecule has 0 fully saturated rings. The monoisotopic (exact) mass is 562 g/mol. The van der Waals surface area contributed by atoms with Gasteiger partial charge in [-0.2, -0.15) is 0 Å². The molecular weight excluding hydrogens is 544 g/mol. The summed E-state index contributed by atoms with van der Waals surface area (Å²) in [6.07, 6.45) is 3.43. The number of amides is 1. The molecule has 0 spiro atoms. The van der Waals surface area contributed by atoms with E-state index in [1.54, 1.807) is 17.8 Å². The average molecular weight is 563 g/mol. The van der Waals surface area contributed by atoms with Crippen molar-refractivity contribution in [2.45, 2.75) is 17.5 Å². The highest BCUT2D eigenvalue weighted by atomic mass is 35.5. The zero-order valence-corrected chi connectivity index (χ0v) is 22.1. The number of pyridine rings is 1. The fraction of sp³-hybridized carbons (Fsp3) is 0.115. The molecular formula is C26H19ClN6O3S2. The molecule has 6 rings (SSSR count). The number of nitrogens with one attached hydrogen (secondary N) is 1. The van der Waals surface area contributed by atoms with Crippen LogP contribution in [0.15, 0.2) is 77.5 Å². The molecule has 3 aromatic heterocycles. The maximum atomic E-state index is 12.7. The van der Waals surface area contributed by atoms with Gasteiger partial charge in [0.05, 0.1) is 11.4 Å². The SMILES string of the molecule is O=C(NCc1ccc2c(c1)OCO2)c1csc(CSc2nnc(-c3ccncc3)n2-c2cccc(Cl)c2)n1. The fourth-order valence-corrected chi connectivity index (χ4v) is 5.76. The molecule has 38 heavy (non-hydrogen) atoms. The third-order valence-electron chi connectivity index (χ3n) is 5.64. The third kappa shape index (κ3) is 5.21. The molecule has 0 unspecified atom stereocenters. The van der Waals surface area contributed by atoms with Crippen molar-refractivity contribution in [2.75, 3.05) is 6.79 Å². The Morgan fingerprint density at radius 1 is 1.08 bits per heavy atom. The van der Waals surface area contributed by atoms with Gasteiger partial charge in [-0.3, -0.25) is 14.3 Å². The summed E-state index contributed by atoms with van der Waals surface area (Å²) in [5, 5.41) is 15.6. The molecule has 1 aliphatic rings. The van der Waals surface area contributed by atoms with Crippen molar-refractivity contribution in [3.63, 3.8) is 0 Å². The van der Waals surface area contributed by atoms with Crippen LogP contribution in [0.4, 0.5) is 0 Å². The molecule has 4 heterocycles. The number of carbonyl (C=O) groups excluding carboxylic acids is 1. The summed E-state index contributed by atoms with van der Waals surface area (Å²) in [7, 11) is 0. The number of thiazole rings is 1. The highest BCUT2D eigenvalue weighted by Gasteiger charge is 2.18. The molecule has 0 aliphatic carbocycles. The van der Waals surface area contributed by atoms with Crippen molar-refractivity contribution in [1.29, 1.82) is 0 Å². The van der Waals surface area contributed by atoms with Gasteiger partial charge in [-0.1, -0.05) is 35.5 Å². The Morgan fingerprint density at radius 3 is 2.82 bits per heavy atom. The first-order chi connectivity index (χ1) is 18.6. The maximum absolute atomic E-state index is 12.7. The third-order valence-corrected chi connectivity index (χ3v) is 7.84. The van der Waals surface area contributed by atoms with Crippen LogP contribution in [0.5, 0.6) is 11.5 Å². The zero-order chi connectivity index (χ0) is 25.9. The number of rotatable bonds is 8. The van der Waals surface area contributed by atoms with Crippen LogP contribution in [0.25, 0.3) is 17.1 Å². The number of hydrogen-bond donors (Lipinski definition) is 1. The van der Waals surface area contributed by atoms with Crippen LogP contribution in [-0.4, -0.2) is 37.4 Å². The predicted molar refractivity (Wildman–Crippen MR) is 145 cm³/mol. The van der Waals surface area contributed by atoms with Crippen LogP contribution in [0.3, 0.4) is 0 Å². The smallest absolute Gasteiger partial charge is 0.271 e. The predicted octanol–water partition coefficient (Wildman–Crippen LogP) is 5.39. The second kappa shape index (κ2) is 10.8. The normalized spacial score (nSPS) is 12.0. The van der Waals surface area contributed by atoms with E-state index in [0.717, 1.165) is 21.8 Å². The first kappa shape index (κ1) is 24.4. The number of thioether (sulfide) groups is 1. The van der Waals surface area contributed by atoms with Crippen molar-refractivity contribution < 1.29 is 14.3 Å². The second-order valence-electron chi connectivity index (χ2n) is 8.14. The van der Waals surface area contributed by atoms with Gasteiger partial charge in [0.15, 0.2) is 22.5 Å². The summed E-state index contributed by atoms with van der Waals surface area (Å²) in [4.78, 5) is 21.3. The van der Waals surface area contributed by atoms with Gasteiger partial charge in [0.2, 0.25) is 6.79 Å². The van der Waals surface area contributed by atoms with Crippen LogP contribution in [0.2, 0.25) is 5.02 Å². The van der Waals surface area contributed by atoms with E-state index < -0.39 is 0 Å². The second-order valence-corrected chi connectivity index (χ2v) is 10.5. The number of nitrogens with zero attached hydrogens (tertiary/aromatic N) is 5. The van der Waals surface area contributed by atoms with Crippen molar-refractivity contribution in [1.82, 2.24) is 30.0 Å². The van der Waals surface area contributed by atoms with Crippen molar-refractivity contribution in [2.24, 2.45) is 0 Å². The van der Waals surface area contributed by atoms with E-state index in [1.807, 2.05) is 59.2 Å². The minimum atomic E-state index is -0.239. The molecule has 0 radical (unpaired) electrons. The van der Waals surface area contributed by atoms with E-state index in [9.17, 15) is 4.79 Å². The maximum Gasteiger partial charge on any atom is 0.271 e. The van der Waals surface area contributed by atoms with Gasteiger partial charge in [0.1, 0.15) is 10.7 Å². The van der Waals surface area contributed by atoms with Crippen LogP contribution >= 0.6 is 34.7 Å². The summed E-state index contributed by atoms with van der Waals surface area (Å²) in [6, 6.07) is 16.9. The Hall–Kier alpha value is -3.93. The van der Waals surface area contributed by atoms with E-state index >= 15 is 0 Å². The van der Waals surface area contributed by atoms with Crippen molar-refractivity contribution in [3.8, 4) is 28.6 Å². The topological polar surface area (TPSA) is 104 Å². The van der Waals surface area contributed by atoms with Gasteiger partial charge < -0.3 is 14.8 Å². The fourth-order valence-electron chi connectivity index (χ4n) is 3.83. The largest absolute Gasteiger partial charge is 0.454 e. The lowest BCUT2D eigenvalue weighted by Gasteiger charge is -2.10. The van der Waals surface area contributed by atoms with E-state index in [4.69, 9.17) is 21.1 Å².